The average molecular weight is 629 g/mol. The van der Waals surface area contributed by atoms with Crippen LogP contribution in [0.25, 0.3) is 5.69 Å². The summed E-state index contributed by atoms with van der Waals surface area (Å²) in [5, 5.41) is 14.4. The van der Waals surface area contributed by atoms with E-state index >= 15 is 0 Å². The van der Waals surface area contributed by atoms with E-state index in [-0.39, 0.29) is 17.1 Å². The van der Waals surface area contributed by atoms with Gasteiger partial charge in [0.1, 0.15) is 11.6 Å². The molecule has 1 aliphatic heterocycles. The number of amides is 2. The van der Waals surface area contributed by atoms with Gasteiger partial charge in [0.25, 0.3) is 0 Å². The van der Waals surface area contributed by atoms with Crippen molar-refractivity contribution >= 4 is 40.6 Å². The zero-order valence-corrected chi connectivity index (χ0v) is 27.2. The van der Waals surface area contributed by atoms with Gasteiger partial charge in [-0.05, 0) is 74.7 Å². The number of piperidine rings is 1. The van der Waals surface area contributed by atoms with Crippen molar-refractivity contribution in [1.82, 2.24) is 15.1 Å². The number of carbonyl (C=O) groups excluding carboxylic acids is 2. The second kappa shape index (κ2) is 13.3. The molecule has 1 aromatic heterocycles. The molecule has 0 aliphatic carbocycles. The van der Waals surface area contributed by atoms with Crippen LogP contribution in [0.1, 0.15) is 66.7 Å². The Morgan fingerprint density at radius 3 is 2.42 bits per heavy atom. The quantitative estimate of drug-likeness (QED) is 0.120. The van der Waals surface area contributed by atoms with Crippen LogP contribution in [0.3, 0.4) is 0 Å². The van der Waals surface area contributed by atoms with E-state index in [2.05, 4.69) is 36.7 Å². The average Bonchev–Trinajstić information content (AvgIpc) is 3.43. The number of nitrogens with zero attached hydrogens (tertiary/aromatic N) is 2. The van der Waals surface area contributed by atoms with Crippen LogP contribution in [0.4, 0.5) is 22.0 Å². The van der Waals surface area contributed by atoms with E-state index in [1.165, 1.54) is 7.11 Å². The third-order valence-corrected chi connectivity index (χ3v) is 8.55. The summed E-state index contributed by atoms with van der Waals surface area (Å²) >= 11 is 6.35. The minimum Gasteiger partial charge on any atom is -0.496 e. The van der Waals surface area contributed by atoms with E-state index < -0.39 is 11.9 Å². The first kappa shape index (κ1) is 32.1. The van der Waals surface area contributed by atoms with Gasteiger partial charge in [0.2, 0.25) is 0 Å². The van der Waals surface area contributed by atoms with Crippen molar-refractivity contribution in [2.75, 3.05) is 36.6 Å². The Morgan fingerprint density at radius 2 is 1.76 bits per heavy atom. The summed E-state index contributed by atoms with van der Waals surface area (Å²) in [6, 6.07) is 20.1. The molecule has 4 aromatic rings. The minimum atomic E-state index is -0.470. The number of carbonyl (C=O) groups is 2. The highest BCUT2D eigenvalue weighted by Gasteiger charge is 2.33. The SMILES string of the molecule is COc1cc(N)c(Cl)cc1C(=O)C(c1cccc(NC(=O)Nc2cc(C(C)(C)C)nn2-c2ccc(C)cc2)c1)C1CCNCC1. The molecule has 45 heavy (non-hydrogen) atoms. The molecule has 3 aromatic carbocycles. The van der Waals surface area contributed by atoms with Crippen LogP contribution in [0.15, 0.2) is 66.7 Å². The number of anilines is 3. The van der Waals surface area contributed by atoms with Gasteiger partial charge < -0.3 is 21.1 Å². The Labute approximate surface area is 269 Å². The fourth-order valence-corrected chi connectivity index (χ4v) is 5.88. The van der Waals surface area contributed by atoms with Crippen molar-refractivity contribution in [3.05, 3.63) is 94.1 Å². The van der Waals surface area contributed by atoms with Gasteiger partial charge in [-0.1, -0.05) is 62.2 Å². The van der Waals surface area contributed by atoms with Gasteiger partial charge in [-0.15, -0.1) is 0 Å². The van der Waals surface area contributed by atoms with Gasteiger partial charge in [0.05, 0.1) is 40.7 Å². The minimum absolute atomic E-state index is 0.0866. The van der Waals surface area contributed by atoms with Crippen molar-refractivity contribution in [3.63, 3.8) is 0 Å². The van der Waals surface area contributed by atoms with Gasteiger partial charge in [-0.2, -0.15) is 5.10 Å². The number of hydrogen-bond donors (Lipinski definition) is 4. The molecule has 0 saturated carbocycles. The Hall–Kier alpha value is -4.34. The number of nitrogens with two attached hydrogens (primary N) is 1. The standard InChI is InChI=1S/C35H41ClN6O3/c1-21-9-11-25(12-10-21)42-31(20-30(41-42)35(2,3)4)40-34(44)39-24-8-6-7-23(17-24)32(22-13-15-38-16-14-22)33(43)26-18-27(36)28(37)19-29(26)45-5/h6-12,17-20,22,32,38H,13-16,37H2,1-5H3,(H2,39,40,44). The maximum atomic E-state index is 14.2. The van der Waals surface area contributed by atoms with Crippen molar-refractivity contribution in [2.24, 2.45) is 5.92 Å². The molecule has 236 valence electrons. The highest BCUT2D eigenvalue weighted by atomic mass is 35.5. The molecular formula is C35H41ClN6O3. The number of halogens is 1. The van der Waals surface area contributed by atoms with Crippen LogP contribution in [0.2, 0.25) is 5.02 Å². The fraction of sp³-hybridized carbons (Fsp3) is 0.343. The Balaban J connectivity index is 1.43. The number of ketones is 1. The first-order chi connectivity index (χ1) is 21.4. The topological polar surface area (TPSA) is 123 Å². The summed E-state index contributed by atoms with van der Waals surface area (Å²) in [6.07, 6.45) is 1.66. The molecule has 9 nitrogen and oxygen atoms in total. The van der Waals surface area contributed by atoms with Crippen molar-refractivity contribution < 1.29 is 14.3 Å². The predicted molar refractivity (Wildman–Crippen MR) is 181 cm³/mol. The molecule has 2 amide bonds. The third kappa shape index (κ3) is 7.32. The predicted octanol–water partition coefficient (Wildman–Crippen LogP) is 7.33. The molecule has 0 bridgehead atoms. The summed E-state index contributed by atoms with van der Waals surface area (Å²) in [4.78, 5) is 27.6. The Kier molecular flexibility index (Phi) is 9.51. The molecule has 1 unspecified atom stereocenters. The number of rotatable bonds is 8. The van der Waals surface area contributed by atoms with E-state index in [0.717, 1.165) is 48.4 Å². The Bertz CT molecular complexity index is 1690. The number of hydrogen-bond acceptors (Lipinski definition) is 6. The van der Waals surface area contributed by atoms with E-state index in [1.807, 2.05) is 61.5 Å². The highest BCUT2D eigenvalue weighted by Crippen LogP contribution is 2.39. The smallest absolute Gasteiger partial charge is 0.324 e. The van der Waals surface area contributed by atoms with Gasteiger partial charge in [0, 0.05) is 23.2 Å². The zero-order chi connectivity index (χ0) is 32.3. The number of methoxy groups -OCH3 is 1. The number of ether oxygens (including phenoxy) is 1. The van der Waals surface area contributed by atoms with Crippen molar-refractivity contribution in [1.29, 1.82) is 0 Å². The molecule has 1 atom stereocenters. The van der Waals surface area contributed by atoms with Crippen LogP contribution in [-0.4, -0.2) is 41.8 Å². The summed E-state index contributed by atoms with van der Waals surface area (Å²) < 4.78 is 7.28. The molecule has 2 heterocycles. The molecule has 1 aliphatic rings. The number of urea groups is 1. The molecule has 0 spiro atoms. The van der Waals surface area contributed by atoms with Crippen LogP contribution in [0.5, 0.6) is 5.75 Å². The monoisotopic (exact) mass is 628 g/mol. The van der Waals surface area contributed by atoms with Crippen molar-refractivity contribution in [3.8, 4) is 11.4 Å². The van der Waals surface area contributed by atoms with Gasteiger partial charge in [-0.3, -0.25) is 10.1 Å². The maximum Gasteiger partial charge on any atom is 0.324 e. The van der Waals surface area contributed by atoms with Gasteiger partial charge >= 0.3 is 6.03 Å². The fourth-order valence-electron chi connectivity index (χ4n) is 5.72. The number of nitrogens with one attached hydrogen (secondary N) is 3. The summed E-state index contributed by atoms with van der Waals surface area (Å²) in [6.45, 7) is 9.91. The van der Waals surface area contributed by atoms with Gasteiger partial charge in [-0.25, -0.2) is 9.48 Å². The molecule has 5 N–H and O–H groups in total. The maximum absolute atomic E-state index is 14.2. The number of aromatic nitrogens is 2. The molecule has 0 radical (unpaired) electrons. The van der Waals surface area contributed by atoms with Crippen LogP contribution in [0, 0.1) is 12.8 Å². The number of Topliss-reactive ketones (excluding diaryl/α,β-unsaturated/α-hetero) is 1. The van der Waals surface area contributed by atoms with Crippen LogP contribution >= 0.6 is 11.6 Å². The van der Waals surface area contributed by atoms with Crippen LogP contribution < -0.4 is 26.4 Å². The number of aryl methyl sites for hydroxylation is 1. The van der Waals surface area contributed by atoms with E-state index in [1.54, 1.807) is 16.8 Å². The number of nitrogen functional groups attached to an aromatic ring is 1. The van der Waals surface area contributed by atoms with Gasteiger partial charge in [0.15, 0.2) is 5.78 Å². The summed E-state index contributed by atoms with van der Waals surface area (Å²) in [7, 11) is 1.51. The first-order valence-electron chi connectivity index (χ1n) is 15.2. The van der Waals surface area contributed by atoms with Crippen LogP contribution in [-0.2, 0) is 5.41 Å². The number of benzene rings is 3. The lowest BCUT2D eigenvalue weighted by Crippen LogP contribution is -2.34. The normalized spacial score (nSPS) is 14.5. The lowest BCUT2D eigenvalue weighted by Gasteiger charge is -2.31. The van der Waals surface area contributed by atoms with E-state index in [0.29, 0.717) is 33.5 Å². The first-order valence-corrected chi connectivity index (χ1v) is 15.6. The summed E-state index contributed by atoms with van der Waals surface area (Å²) in [5.41, 5.74) is 10.7. The lowest BCUT2D eigenvalue weighted by molar-refractivity contribution is 0.0913. The molecule has 5 rings (SSSR count). The molecule has 1 saturated heterocycles. The van der Waals surface area contributed by atoms with Crippen molar-refractivity contribution in [2.45, 2.75) is 51.9 Å². The Morgan fingerprint density at radius 1 is 1.04 bits per heavy atom. The van der Waals surface area contributed by atoms with E-state index in [4.69, 9.17) is 27.2 Å². The summed E-state index contributed by atoms with van der Waals surface area (Å²) in [5.74, 6) is 0.451. The molecule has 1 fully saturated rings. The largest absolute Gasteiger partial charge is 0.496 e. The second-order valence-corrected chi connectivity index (χ2v) is 13.0. The molecule has 10 heteroatoms. The molecular weight excluding hydrogens is 588 g/mol. The third-order valence-electron chi connectivity index (χ3n) is 8.22. The second-order valence-electron chi connectivity index (χ2n) is 12.6. The highest BCUT2D eigenvalue weighted by molar-refractivity contribution is 6.33. The zero-order valence-electron chi connectivity index (χ0n) is 26.4. The lowest BCUT2D eigenvalue weighted by atomic mass is 9.76. The van der Waals surface area contributed by atoms with E-state index in [9.17, 15) is 9.59 Å².